The van der Waals surface area contributed by atoms with E-state index in [1.54, 1.807) is 25.3 Å². The molecule has 26 heavy (non-hydrogen) atoms. The van der Waals surface area contributed by atoms with E-state index < -0.39 is 27.2 Å². The zero-order chi connectivity index (χ0) is 18.7. The van der Waals surface area contributed by atoms with E-state index in [1.165, 1.54) is 6.20 Å². The highest BCUT2D eigenvalue weighted by Gasteiger charge is 2.16. The summed E-state index contributed by atoms with van der Waals surface area (Å²) in [6, 6.07) is 5.55. The smallest absolute Gasteiger partial charge is 0.232 e. The normalized spacial score (nSPS) is 11.2. The Morgan fingerprint density at radius 3 is 2.81 bits per heavy atom. The number of anilines is 1. The van der Waals surface area contributed by atoms with E-state index in [1.807, 2.05) is 0 Å². The number of sulfonamides is 1. The minimum atomic E-state index is -3.70. The molecule has 5 nitrogen and oxygen atoms in total. The fourth-order valence-electron chi connectivity index (χ4n) is 2.38. The average Bonchev–Trinajstić information content (AvgIpc) is 3.05. The maximum absolute atomic E-state index is 14.5. The van der Waals surface area contributed by atoms with Crippen LogP contribution in [0.5, 0.6) is 0 Å². The van der Waals surface area contributed by atoms with Gasteiger partial charge in [-0.05, 0) is 30.7 Å². The first-order valence-corrected chi connectivity index (χ1v) is 9.48. The number of nitrogens with zero attached hydrogens (tertiary/aromatic N) is 1. The van der Waals surface area contributed by atoms with Gasteiger partial charge in [-0.2, -0.15) is 0 Å². The summed E-state index contributed by atoms with van der Waals surface area (Å²) >= 11 is 0. The number of pyridine rings is 1. The summed E-state index contributed by atoms with van der Waals surface area (Å²) < 4.78 is 54.2. The summed E-state index contributed by atoms with van der Waals surface area (Å²) in [5.41, 5.74) is 0.326. The van der Waals surface area contributed by atoms with Gasteiger partial charge in [-0.1, -0.05) is 18.8 Å². The van der Waals surface area contributed by atoms with E-state index in [4.69, 9.17) is 0 Å². The molecule has 2 N–H and O–H groups in total. The fraction of sp³-hybridized carbons (Fsp3) is 0.167. The highest BCUT2D eigenvalue weighted by Crippen LogP contribution is 2.22. The van der Waals surface area contributed by atoms with Crippen LogP contribution >= 0.6 is 0 Å². The number of hydrogen-bond acceptors (Lipinski definition) is 3. The lowest BCUT2D eigenvalue weighted by Crippen LogP contribution is -2.17. The second kappa shape index (κ2) is 7.14. The second-order valence-electron chi connectivity index (χ2n) is 5.59. The van der Waals surface area contributed by atoms with Crippen LogP contribution in [-0.2, 0) is 10.0 Å². The van der Waals surface area contributed by atoms with Crippen molar-refractivity contribution in [1.82, 2.24) is 9.97 Å². The first-order valence-electron chi connectivity index (χ1n) is 7.83. The van der Waals surface area contributed by atoms with Crippen molar-refractivity contribution in [3.63, 3.8) is 0 Å². The van der Waals surface area contributed by atoms with Crippen LogP contribution in [0.15, 0.2) is 36.7 Å². The van der Waals surface area contributed by atoms with Gasteiger partial charge >= 0.3 is 0 Å². The Morgan fingerprint density at radius 1 is 1.23 bits per heavy atom. The van der Waals surface area contributed by atoms with Crippen molar-refractivity contribution in [2.45, 2.75) is 13.3 Å². The number of hydrogen-bond donors (Lipinski definition) is 2. The van der Waals surface area contributed by atoms with Gasteiger partial charge < -0.3 is 4.98 Å². The molecule has 0 fully saturated rings. The summed E-state index contributed by atoms with van der Waals surface area (Å²) in [5, 5.41) is 0.818. The van der Waals surface area contributed by atoms with Crippen LogP contribution in [0.25, 0.3) is 11.0 Å². The van der Waals surface area contributed by atoms with Gasteiger partial charge in [0, 0.05) is 23.3 Å². The van der Waals surface area contributed by atoms with Gasteiger partial charge in [0.1, 0.15) is 11.5 Å². The molecule has 3 rings (SSSR count). The van der Waals surface area contributed by atoms with Gasteiger partial charge in [-0.25, -0.2) is 22.2 Å². The van der Waals surface area contributed by atoms with Crippen molar-refractivity contribution < 1.29 is 17.2 Å². The van der Waals surface area contributed by atoms with E-state index >= 15 is 0 Å². The third kappa shape index (κ3) is 3.83. The highest BCUT2D eigenvalue weighted by atomic mass is 32.2. The van der Waals surface area contributed by atoms with Crippen LogP contribution < -0.4 is 4.72 Å². The summed E-state index contributed by atoms with van der Waals surface area (Å²) in [5.74, 6) is 3.00. The minimum Gasteiger partial charge on any atom is -0.346 e. The van der Waals surface area contributed by atoms with Gasteiger partial charge in [0.05, 0.1) is 17.0 Å². The van der Waals surface area contributed by atoms with Crippen LogP contribution in [0.4, 0.5) is 14.5 Å². The molecule has 3 aromatic rings. The molecule has 0 atom stereocenters. The minimum absolute atomic E-state index is 0.160. The van der Waals surface area contributed by atoms with E-state index in [9.17, 15) is 17.2 Å². The SMILES string of the molecule is CCCS(=O)(=O)Nc1ccc(F)c(C#Cc2cnc3[nH]ccc3c2)c1F. The van der Waals surface area contributed by atoms with E-state index in [0.717, 1.165) is 17.5 Å². The first kappa shape index (κ1) is 17.9. The van der Waals surface area contributed by atoms with Crippen molar-refractivity contribution in [3.8, 4) is 11.8 Å². The molecule has 134 valence electrons. The monoisotopic (exact) mass is 375 g/mol. The van der Waals surface area contributed by atoms with Crippen LogP contribution in [0.2, 0.25) is 0 Å². The Bertz CT molecular complexity index is 1130. The van der Waals surface area contributed by atoms with E-state index in [2.05, 4.69) is 26.5 Å². The predicted molar refractivity (Wildman–Crippen MR) is 96.1 cm³/mol. The molecule has 0 radical (unpaired) electrons. The molecule has 1 aromatic carbocycles. The van der Waals surface area contributed by atoms with Crippen LogP contribution in [-0.4, -0.2) is 24.1 Å². The highest BCUT2D eigenvalue weighted by molar-refractivity contribution is 7.92. The molecule has 0 unspecified atom stereocenters. The van der Waals surface area contributed by atoms with Gasteiger partial charge in [-0.15, -0.1) is 0 Å². The molecule has 2 heterocycles. The Labute approximate surface area is 149 Å². The number of halogens is 2. The van der Waals surface area contributed by atoms with Gasteiger partial charge in [-0.3, -0.25) is 4.72 Å². The van der Waals surface area contributed by atoms with Crippen LogP contribution in [0, 0.1) is 23.5 Å². The average molecular weight is 375 g/mol. The van der Waals surface area contributed by atoms with Gasteiger partial charge in [0.2, 0.25) is 10.0 Å². The number of H-pyrrole nitrogens is 1. The Morgan fingerprint density at radius 2 is 2.04 bits per heavy atom. The number of rotatable bonds is 4. The van der Waals surface area contributed by atoms with E-state index in [0.29, 0.717) is 17.6 Å². The van der Waals surface area contributed by atoms with Crippen LogP contribution in [0.3, 0.4) is 0 Å². The largest absolute Gasteiger partial charge is 0.346 e. The summed E-state index contributed by atoms with van der Waals surface area (Å²) in [6.45, 7) is 1.69. The zero-order valence-electron chi connectivity index (χ0n) is 13.8. The van der Waals surface area contributed by atoms with Crippen LogP contribution in [0.1, 0.15) is 24.5 Å². The number of benzene rings is 1. The van der Waals surface area contributed by atoms with E-state index in [-0.39, 0.29) is 11.4 Å². The molecule has 2 aromatic heterocycles. The van der Waals surface area contributed by atoms with Crippen molar-refractivity contribution >= 4 is 26.7 Å². The Balaban J connectivity index is 1.96. The fourth-order valence-corrected chi connectivity index (χ4v) is 3.51. The molecule has 0 aliphatic heterocycles. The number of aromatic amines is 1. The lowest BCUT2D eigenvalue weighted by molar-refractivity contribution is 0.577. The predicted octanol–water partition coefficient (Wildman–Crippen LogP) is 3.39. The first-order chi connectivity index (χ1) is 12.4. The summed E-state index contributed by atoms with van der Waals surface area (Å²) in [7, 11) is -3.70. The second-order valence-corrected chi connectivity index (χ2v) is 7.44. The molecule has 8 heteroatoms. The lowest BCUT2D eigenvalue weighted by Gasteiger charge is -2.09. The van der Waals surface area contributed by atoms with Crippen molar-refractivity contribution in [3.05, 3.63) is 59.4 Å². The molecular formula is C18H15F2N3O2S. The zero-order valence-corrected chi connectivity index (χ0v) is 14.6. The summed E-state index contributed by atoms with van der Waals surface area (Å²) in [4.78, 5) is 7.08. The molecule has 0 saturated heterocycles. The maximum Gasteiger partial charge on any atom is 0.232 e. The molecule has 0 aliphatic carbocycles. The third-order valence-electron chi connectivity index (χ3n) is 3.56. The number of fused-ring (bicyclic) bond motifs is 1. The topological polar surface area (TPSA) is 74.8 Å². The standard InChI is InChI=1S/C18H15F2N3O2S/c1-2-9-26(24,25)23-16-6-5-15(19)14(17(16)20)4-3-12-10-13-7-8-21-18(13)22-11-12/h5-8,10-11,23H,2,9H2,1H3,(H,21,22). The van der Waals surface area contributed by atoms with Gasteiger partial charge in [0.15, 0.2) is 5.82 Å². The number of aromatic nitrogens is 2. The third-order valence-corrected chi connectivity index (χ3v) is 5.04. The number of nitrogens with one attached hydrogen (secondary N) is 2. The Kier molecular flexibility index (Phi) is 4.91. The summed E-state index contributed by atoms with van der Waals surface area (Å²) in [6.07, 6.45) is 3.58. The Hall–Kier alpha value is -2.92. The maximum atomic E-state index is 14.5. The van der Waals surface area contributed by atoms with Gasteiger partial charge in [0.25, 0.3) is 0 Å². The lowest BCUT2D eigenvalue weighted by atomic mass is 10.1. The molecule has 0 spiro atoms. The molecule has 0 amide bonds. The molecule has 0 bridgehead atoms. The van der Waals surface area contributed by atoms with Crippen molar-refractivity contribution in [2.75, 3.05) is 10.5 Å². The quantitative estimate of drug-likeness (QED) is 0.687. The van der Waals surface area contributed by atoms with Crippen molar-refractivity contribution in [1.29, 1.82) is 0 Å². The molecule has 0 aliphatic rings. The van der Waals surface area contributed by atoms with Crippen molar-refractivity contribution in [2.24, 2.45) is 0 Å². The molecule has 0 saturated carbocycles. The molecular weight excluding hydrogens is 360 g/mol.